The van der Waals surface area contributed by atoms with Crippen molar-refractivity contribution in [3.63, 3.8) is 0 Å². The molecule has 1 atom stereocenters. The zero-order chi connectivity index (χ0) is 13.1. The van der Waals surface area contributed by atoms with Crippen molar-refractivity contribution in [1.82, 2.24) is 9.88 Å². The summed E-state index contributed by atoms with van der Waals surface area (Å²) in [4.78, 5) is 18.2. The van der Waals surface area contributed by atoms with Crippen LogP contribution in [0.3, 0.4) is 0 Å². The highest BCUT2D eigenvalue weighted by molar-refractivity contribution is 9.10. The molecule has 6 heteroatoms. The summed E-state index contributed by atoms with van der Waals surface area (Å²) in [6.45, 7) is 3.66. The highest BCUT2D eigenvalue weighted by Crippen LogP contribution is 2.21. The fourth-order valence-electron chi connectivity index (χ4n) is 2.01. The van der Waals surface area contributed by atoms with E-state index in [4.69, 9.17) is 0 Å². The van der Waals surface area contributed by atoms with Gasteiger partial charge >= 0.3 is 0 Å². The second-order valence-electron chi connectivity index (χ2n) is 4.27. The van der Waals surface area contributed by atoms with E-state index in [-0.39, 0.29) is 5.91 Å². The summed E-state index contributed by atoms with van der Waals surface area (Å²) >= 11 is 3.33. The predicted octanol–water partition coefficient (Wildman–Crippen LogP) is 1.48. The number of pyridine rings is 1. The molecule has 2 rings (SSSR count). The number of nitrogens with one attached hydrogen (secondary N) is 1. The Hall–Kier alpha value is -1.14. The standard InChI is InChI=1S/C12H16BrN3O2/c1-2-14-11-10(5-8(13)6-15-11)12(18)16-4-3-9(17)7-16/h5-6,9,17H,2-4,7H2,1H3,(H,14,15). The molecule has 5 nitrogen and oxygen atoms in total. The summed E-state index contributed by atoms with van der Waals surface area (Å²) in [7, 11) is 0. The first-order valence-electron chi connectivity index (χ1n) is 5.98. The molecule has 1 aliphatic rings. The molecule has 0 spiro atoms. The van der Waals surface area contributed by atoms with Gasteiger partial charge in [-0.05, 0) is 35.3 Å². The van der Waals surface area contributed by atoms with Crippen molar-refractivity contribution >= 4 is 27.7 Å². The lowest BCUT2D eigenvalue weighted by atomic mass is 10.2. The van der Waals surface area contributed by atoms with E-state index in [2.05, 4.69) is 26.2 Å². The largest absolute Gasteiger partial charge is 0.391 e. The van der Waals surface area contributed by atoms with Crippen LogP contribution in [0.2, 0.25) is 0 Å². The number of hydrogen-bond donors (Lipinski definition) is 2. The number of likely N-dealkylation sites (tertiary alicyclic amines) is 1. The van der Waals surface area contributed by atoms with Crippen LogP contribution < -0.4 is 5.32 Å². The lowest BCUT2D eigenvalue weighted by Crippen LogP contribution is -2.30. The molecule has 1 unspecified atom stereocenters. The monoisotopic (exact) mass is 313 g/mol. The summed E-state index contributed by atoms with van der Waals surface area (Å²) in [5.41, 5.74) is 0.542. The minimum atomic E-state index is -0.406. The van der Waals surface area contributed by atoms with E-state index < -0.39 is 6.10 Å². The van der Waals surface area contributed by atoms with E-state index in [1.165, 1.54) is 0 Å². The van der Waals surface area contributed by atoms with Crippen LogP contribution in [0.1, 0.15) is 23.7 Å². The molecule has 0 bridgehead atoms. The number of amides is 1. The van der Waals surface area contributed by atoms with Gasteiger partial charge in [0.15, 0.2) is 0 Å². The number of halogens is 1. The van der Waals surface area contributed by atoms with Crippen LogP contribution in [0, 0.1) is 0 Å². The predicted molar refractivity (Wildman–Crippen MR) is 72.6 cm³/mol. The van der Waals surface area contributed by atoms with Crippen molar-refractivity contribution < 1.29 is 9.90 Å². The van der Waals surface area contributed by atoms with Crippen LogP contribution in [0.15, 0.2) is 16.7 Å². The first-order chi connectivity index (χ1) is 8.61. The van der Waals surface area contributed by atoms with Crippen LogP contribution in [-0.4, -0.2) is 46.6 Å². The maximum absolute atomic E-state index is 12.4. The number of nitrogens with zero attached hydrogens (tertiary/aromatic N) is 2. The molecule has 2 N–H and O–H groups in total. The fourth-order valence-corrected chi connectivity index (χ4v) is 2.34. The molecule has 0 aromatic carbocycles. The number of carbonyl (C=O) groups is 1. The molecule has 0 radical (unpaired) electrons. The number of carbonyl (C=O) groups excluding carboxylic acids is 1. The fraction of sp³-hybridized carbons (Fsp3) is 0.500. The SMILES string of the molecule is CCNc1ncc(Br)cc1C(=O)N1CCC(O)C1. The Kier molecular flexibility index (Phi) is 4.19. The average Bonchev–Trinajstić information content (AvgIpc) is 2.77. The van der Waals surface area contributed by atoms with Gasteiger partial charge in [0.25, 0.3) is 5.91 Å². The Morgan fingerprint density at radius 3 is 3.11 bits per heavy atom. The van der Waals surface area contributed by atoms with Gasteiger partial charge in [-0.25, -0.2) is 4.98 Å². The first-order valence-corrected chi connectivity index (χ1v) is 6.78. The normalized spacial score (nSPS) is 19.1. The number of anilines is 1. The van der Waals surface area contributed by atoms with Crippen LogP contribution in [-0.2, 0) is 0 Å². The maximum atomic E-state index is 12.4. The van der Waals surface area contributed by atoms with E-state index in [9.17, 15) is 9.90 Å². The third kappa shape index (κ3) is 2.81. The minimum Gasteiger partial charge on any atom is -0.391 e. The van der Waals surface area contributed by atoms with Gasteiger partial charge in [0.2, 0.25) is 0 Å². The molecular weight excluding hydrogens is 298 g/mol. The second-order valence-corrected chi connectivity index (χ2v) is 5.19. The zero-order valence-corrected chi connectivity index (χ0v) is 11.8. The molecule has 1 aromatic rings. The van der Waals surface area contributed by atoms with Gasteiger partial charge in [0.1, 0.15) is 5.82 Å². The molecule has 0 saturated carbocycles. The Balaban J connectivity index is 2.25. The van der Waals surface area contributed by atoms with E-state index in [0.29, 0.717) is 37.4 Å². The third-order valence-corrected chi connectivity index (χ3v) is 3.31. The van der Waals surface area contributed by atoms with Crippen molar-refractivity contribution in [1.29, 1.82) is 0 Å². The van der Waals surface area contributed by atoms with Gasteiger partial charge in [-0.2, -0.15) is 0 Å². The Bertz CT molecular complexity index is 453. The van der Waals surface area contributed by atoms with Crippen molar-refractivity contribution in [2.24, 2.45) is 0 Å². The lowest BCUT2D eigenvalue weighted by molar-refractivity contribution is 0.0765. The molecule has 2 heterocycles. The van der Waals surface area contributed by atoms with Gasteiger partial charge in [0.05, 0.1) is 11.7 Å². The highest BCUT2D eigenvalue weighted by atomic mass is 79.9. The number of hydrogen-bond acceptors (Lipinski definition) is 4. The number of β-amino-alcohol motifs (C(OH)–C–C–N with tert-alkyl or cyclic N) is 1. The van der Waals surface area contributed by atoms with Crippen LogP contribution in [0.25, 0.3) is 0 Å². The van der Waals surface area contributed by atoms with E-state index in [0.717, 1.165) is 4.47 Å². The summed E-state index contributed by atoms with van der Waals surface area (Å²) < 4.78 is 0.771. The Morgan fingerprint density at radius 1 is 1.72 bits per heavy atom. The van der Waals surface area contributed by atoms with Crippen molar-refractivity contribution in [2.75, 3.05) is 25.0 Å². The smallest absolute Gasteiger partial charge is 0.257 e. The Labute approximate surface area is 114 Å². The van der Waals surface area contributed by atoms with E-state index in [1.54, 1.807) is 17.2 Å². The Morgan fingerprint density at radius 2 is 2.50 bits per heavy atom. The summed E-state index contributed by atoms with van der Waals surface area (Å²) in [6.07, 6.45) is 1.90. The molecule has 1 fully saturated rings. The lowest BCUT2D eigenvalue weighted by Gasteiger charge is -2.17. The summed E-state index contributed by atoms with van der Waals surface area (Å²) in [5, 5.41) is 12.6. The summed E-state index contributed by atoms with van der Waals surface area (Å²) in [5.74, 6) is 0.503. The molecule has 1 amide bonds. The molecule has 1 aliphatic heterocycles. The number of rotatable bonds is 3. The molecular formula is C12H16BrN3O2. The van der Waals surface area contributed by atoms with Gasteiger partial charge in [-0.1, -0.05) is 0 Å². The van der Waals surface area contributed by atoms with Gasteiger partial charge in [-0.15, -0.1) is 0 Å². The average molecular weight is 314 g/mol. The van der Waals surface area contributed by atoms with E-state index in [1.807, 2.05) is 6.92 Å². The van der Waals surface area contributed by atoms with Gasteiger partial charge in [-0.3, -0.25) is 4.79 Å². The quantitative estimate of drug-likeness (QED) is 0.887. The van der Waals surface area contributed by atoms with Gasteiger partial charge in [0, 0.05) is 30.3 Å². The summed E-state index contributed by atoms with van der Waals surface area (Å²) in [6, 6.07) is 1.76. The third-order valence-electron chi connectivity index (χ3n) is 2.88. The zero-order valence-electron chi connectivity index (χ0n) is 10.2. The first kappa shape index (κ1) is 13.3. The van der Waals surface area contributed by atoms with Crippen molar-refractivity contribution in [2.45, 2.75) is 19.4 Å². The van der Waals surface area contributed by atoms with Crippen molar-refractivity contribution in [3.8, 4) is 0 Å². The molecule has 18 heavy (non-hydrogen) atoms. The van der Waals surface area contributed by atoms with Crippen molar-refractivity contribution in [3.05, 3.63) is 22.3 Å². The molecule has 1 saturated heterocycles. The maximum Gasteiger partial charge on any atom is 0.257 e. The minimum absolute atomic E-state index is 0.0868. The van der Waals surface area contributed by atoms with Crippen LogP contribution in [0.5, 0.6) is 0 Å². The second kappa shape index (κ2) is 5.67. The van der Waals surface area contributed by atoms with Crippen LogP contribution in [0.4, 0.5) is 5.82 Å². The number of aromatic nitrogens is 1. The number of aliphatic hydroxyl groups excluding tert-OH is 1. The van der Waals surface area contributed by atoms with Gasteiger partial charge < -0.3 is 15.3 Å². The van der Waals surface area contributed by atoms with E-state index >= 15 is 0 Å². The number of aliphatic hydroxyl groups is 1. The molecule has 1 aromatic heterocycles. The molecule has 0 aliphatic carbocycles. The topological polar surface area (TPSA) is 65.5 Å². The highest BCUT2D eigenvalue weighted by Gasteiger charge is 2.27. The molecule has 98 valence electrons. The van der Waals surface area contributed by atoms with Crippen LogP contribution >= 0.6 is 15.9 Å².